The predicted octanol–water partition coefficient (Wildman–Crippen LogP) is -0.0796. The number of aromatic nitrogens is 2. The Kier molecular flexibility index (Phi) is 4.66. The van der Waals surface area contributed by atoms with Crippen LogP contribution in [-0.4, -0.2) is 40.2 Å². The van der Waals surface area contributed by atoms with E-state index in [9.17, 15) is 0 Å². The quantitative estimate of drug-likeness (QED) is 0.563. The van der Waals surface area contributed by atoms with Gasteiger partial charge in [0, 0.05) is 31.2 Å². The number of hydrogen-bond acceptors (Lipinski definition) is 6. The second kappa shape index (κ2) is 5.85. The van der Waals surface area contributed by atoms with E-state index in [2.05, 4.69) is 20.0 Å². The van der Waals surface area contributed by atoms with Gasteiger partial charge in [-0.1, -0.05) is 0 Å². The summed E-state index contributed by atoms with van der Waals surface area (Å²) in [6.45, 7) is 3.98. The maximum absolute atomic E-state index is 8.93. The van der Waals surface area contributed by atoms with Crippen LogP contribution in [0.5, 0.6) is 0 Å². The molecule has 0 aromatic carbocycles. The summed E-state index contributed by atoms with van der Waals surface area (Å²) in [4.78, 5) is 3.97. The van der Waals surface area contributed by atoms with Crippen LogP contribution in [0.4, 0.5) is 5.13 Å². The Labute approximate surface area is 81.4 Å². The monoisotopic (exact) mass is 202 g/mol. The summed E-state index contributed by atoms with van der Waals surface area (Å²) in [5.41, 5.74) is 0. The third-order valence-corrected chi connectivity index (χ3v) is 2.00. The highest BCUT2D eigenvalue weighted by molar-refractivity contribution is 7.09. The molecule has 0 saturated heterocycles. The van der Waals surface area contributed by atoms with E-state index in [1.807, 2.05) is 0 Å². The molecule has 1 rings (SSSR count). The standard InChI is InChI=1S/C7H14N4OS/c1-6(12)4-8-2-3-9-7-10-5-11-13-7/h5-6,8,12H,2-4H2,1H3,(H,9,10,11). The Morgan fingerprint density at radius 1 is 1.62 bits per heavy atom. The van der Waals surface area contributed by atoms with E-state index in [1.165, 1.54) is 17.9 Å². The fourth-order valence-electron chi connectivity index (χ4n) is 0.820. The van der Waals surface area contributed by atoms with Crippen LogP contribution in [-0.2, 0) is 0 Å². The Hall–Kier alpha value is -0.720. The van der Waals surface area contributed by atoms with Crippen molar-refractivity contribution in [1.82, 2.24) is 14.7 Å². The molecule has 1 aromatic rings. The molecule has 6 heteroatoms. The van der Waals surface area contributed by atoms with Crippen molar-refractivity contribution in [1.29, 1.82) is 0 Å². The van der Waals surface area contributed by atoms with Crippen molar-refractivity contribution >= 4 is 16.7 Å². The molecule has 0 bridgehead atoms. The molecule has 0 spiro atoms. The predicted molar refractivity (Wildman–Crippen MR) is 52.9 cm³/mol. The molecule has 0 fully saturated rings. The van der Waals surface area contributed by atoms with E-state index in [1.54, 1.807) is 6.92 Å². The number of nitrogens with zero attached hydrogens (tertiary/aromatic N) is 2. The molecule has 3 N–H and O–H groups in total. The van der Waals surface area contributed by atoms with E-state index in [0.29, 0.717) is 6.54 Å². The van der Waals surface area contributed by atoms with Crippen LogP contribution in [0, 0.1) is 0 Å². The van der Waals surface area contributed by atoms with E-state index >= 15 is 0 Å². The van der Waals surface area contributed by atoms with Crippen LogP contribution >= 0.6 is 11.5 Å². The molecule has 0 aliphatic heterocycles. The fourth-order valence-corrected chi connectivity index (χ4v) is 1.27. The van der Waals surface area contributed by atoms with Crippen LogP contribution in [0.15, 0.2) is 6.33 Å². The van der Waals surface area contributed by atoms with Crippen LogP contribution in [0.25, 0.3) is 0 Å². The first-order chi connectivity index (χ1) is 6.29. The highest BCUT2D eigenvalue weighted by Gasteiger charge is 1.95. The van der Waals surface area contributed by atoms with Gasteiger partial charge in [0.15, 0.2) is 0 Å². The van der Waals surface area contributed by atoms with Crippen molar-refractivity contribution in [2.45, 2.75) is 13.0 Å². The number of hydrogen-bond donors (Lipinski definition) is 3. The molecule has 0 amide bonds. The minimum absolute atomic E-state index is 0.290. The second-order valence-electron chi connectivity index (χ2n) is 2.73. The molecule has 0 aliphatic carbocycles. The van der Waals surface area contributed by atoms with Crippen LogP contribution in [0.3, 0.4) is 0 Å². The summed E-state index contributed by atoms with van der Waals surface area (Å²) in [7, 11) is 0. The Morgan fingerprint density at radius 2 is 2.46 bits per heavy atom. The summed E-state index contributed by atoms with van der Waals surface area (Å²) in [5.74, 6) is 0. The zero-order chi connectivity index (χ0) is 9.52. The molecular weight excluding hydrogens is 188 g/mol. The summed E-state index contributed by atoms with van der Waals surface area (Å²) in [5, 5.41) is 16.0. The minimum atomic E-state index is -0.290. The van der Waals surface area contributed by atoms with E-state index in [-0.39, 0.29) is 6.10 Å². The number of aliphatic hydroxyl groups is 1. The van der Waals surface area contributed by atoms with Crippen molar-refractivity contribution < 1.29 is 5.11 Å². The summed E-state index contributed by atoms with van der Waals surface area (Å²) in [6.07, 6.45) is 1.23. The lowest BCUT2D eigenvalue weighted by atomic mass is 10.4. The SMILES string of the molecule is CC(O)CNCCNc1ncns1. The molecular formula is C7H14N4OS. The average Bonchev–Trinajstić information content (AvgIpc) is 2.55. The van der Waals surface area contributed by atoms with E-state index < -0.39 is 0 Å². The lowest BCUT2D eigenvalue weighted by Crippen LogP contribution is -2.28. The fraction of sp³-hybridized carbons (Fsp3) is 0.714. The average molecular weight is 202 g/mol. The van der Waals surface area contributed by atoms with Crippen molar-refractivity contribution in [2.75, 3.05) is 25.0 Å². The maximum atomic E-state index is 8.93. The molecule has 1 aromatic heterocycles. The molecule has 0 aliphatic rings. The minimum Gasteiger partial charge on any atom is -0.392 e. The van der Waals surface area contributed by atoms with E-state index in [0.717, 1.165) is 18.2 Å². The van der Waals surface area contributed by atoms with Crippen molar-refractivity contribution in [3.05, 3.63) is 6.33 Å². The topological polar surface area (TPSA) is 70.1 Å². The molecule has 1 unspecified atom stereocenters. The first-order valence-electron chi connectivity index (χ1n) is 4.18. The van der Waals surface area contributed by atoms with Crippen LogP contribution in [0.1, 0.15) is 6.92 Å². The zero-order valence-electron chi connectivity index (χ0n) is 7.53. The summed E-state index contributed by atoms with van der Waals surface area (Å²) < 4.78 is 3.86. The third-order valence-electron chi connectivity index (χ3n) is 1.38. The Bertz CT molecular complexity index is 214. The lowest BCUT2D eigenvalue weighted by molar-refractivity contribution is 0.192. The zero-order valence-corrected chi connectivity index (χ0v) is 8.34. The number of anilines is 1. The van der Waals surface area contributed by atoms with Gasteiger partial charge in [-0.05, 0) is 6.92 Å². The van der Waals surface area contributed by atoms with Crippen LogP contribution < -0.4 is 10.6 Å². The second-order valence-corrected chi connectivity index (χ2v) is 3.51. The normalized spacial score (nSPS) is 12.8. The van der Waals surface area contributed by atoms with Gasteiger partial charge in [-0.25, -0.2) is 4.98 Å². The molecule has 0 saturated carbocycles. The molecule has 1 atom stereocenters. The smallest absolute Gasteiger partial charge is 0.202 e. The highest BCUT2D eigenvalue weighted by atomic mass is 32.1. The largest absolute Gasteiger partial charge is 0.392 e. The van der Waals surface area contributed by atoms with Gasteiger partial charge in [0.25, 0.3) is 0 Å². The third kappa shape index (κ3) is 4.76. The molecule has 74 valence electrons. The lowest BCUT2D eigenvalue weighted by Gasteiger charge is -2.06. The van der Waals surface area contributed by atoms with Gasteiger partial charge in [0.05, 0.1) is 6.10 Å². The van der Waals surface area contributed by atoms with E-state index in [4.69, 9.17) is 5.11 Å². The Morgan fingerprint density at radius 3 is 3.08 bits per heavy atom. The van der Waals surface area contributed by atoms with Crippen LogP contribution in [0.2, 0.25) is 0 Å². The number of aliphatic hydroxyl groups excluding tert-OH is 1. The van der Waals surface area contributed by atoms with Gasteiger partial charge in [0.1, 0.15) is 6.33 Å². The molecule has 0 radical (unpaired) electrons. The number of nitrogens with one attached hydrogen (secondary N) is 2. The van der Waals surface area contributed by atoms with Gasteiger partial charge >= 0.3 is 0 Å². The van der Waals surface area contributed by atoms with Crippen molar-refractivity contribution in [3.63, 3.8) is 0 Å². The van der Waals surface area contributed by atoms with Gasteiger partial charge in [-0.15, -0.1) is 0 Å². The molecule has 5 nitrogen and oxygen atoms in total. The maximum Gasteiger partial charge on any atom is 0.202 e. The molecule has 13 heavy (non-hydrogen) atoms. The highest BCUT2D eigenvalue weighted by Crippen LogP contribution is 2.04. The molecule has 1 heterocycles. The van der Waals surface area contributed by atoms with Crippen molar-refractivity contribution in [2.24, 2.45) is 0 Å². The van der Waals surface area contributed by atoms with Gasteiger partial charge in [0.2, 0.25) is 5.13 Å². The summed E-state index contributed by atoms with van der Waals surface area (Å²) in [6, 6.07) is 0. The van der Waals surface area contributed by atoms with Crippen molar-refractivity contribution in [3.8, 4) is 0 Å². The van der Waals surface area contributed by atoms with Gasteiger partial charge in [-0.2, -0.15) is 4.37 Å². The Balaban J connectivity index is 1.96. The first-order valence-corrected chi connectivity index (χ1v) is 4.95. The van der Waals surface area contributed by atoms with Gasteiger partial charge < -0.3 is 15.7 Å². The first kappa shape index (κ1) is 10.4. The summed E-state index contributed by atoms with van der Waals surface area (Å²) >= 11 is 1.34. The van der Waals surface area contributed by atoms with Gasteiger partial charge in [-0.3, -0.25) is 0 Å². The number of rotatable bonds is 6.